The maximum absolute atomic E-state index is 10.9. The Bertz CT molecular complexity index is 323. The molecule has 0 aromatic carbocycles. The molecule has 0 aromatic heterocycles. The highest BCUT2D eigenvalue weighted by molar-refractivity contribution is 5.81. The first-order valence-electron chi connectivity index (χ1n) is 5.35. The van der Waals surface area contributed by atoms with Gasteiger partial charge in [0.15, 0.2) is 0 Å². The first-order valence-corrected chi connectivity index (χ1v) is 5.35. The third kappa shape index (κ3) is 8.09. The fraction of sp³-hybridized carbons (Fsp3) is 0.500. The van der Waals surface area contributed by atoms with E-state index in [0.717, 1.165) is 12.2 Å². The minimum absolute atomic E-state index is 0.422. The van der Waals surface area contributed by atoms with Gasteiger partial charge in [-0.2, -0.15) is 0 Å². The predicted molar refractivity (Wildman–Crippen MR) is 64.6 cm³/mol. The molecule has 0 amide bonds. The van der Waals surface area contributed by atoms with Crippen molar-refractivity contribution in [2.45, 2.75) is 25.4 Å². The highest BCUT2D eigenvalue weighted by atomic mass is 16.7. The Hall–Kier alpha value is -1.70. The van der Waals surface area contributed by atoms with Gasteiger partial charge in [-0.25, -0.2) is 9.59 Å². The molecule has 0 aromatic rings. The zero-order chi connectivity index (χ0) is 15.1. The summed E-state index contributed by atoms with van der Waals surface area (Å²) in [6, 6.07) is 0. The van der Waals surface area contributed by atoms with Gasteiger partial charge in [-0.3, -0.25) is 0 Å². The molecule has 0 saturated heterocycles. The van der Waals surface area contributed by atoms with Crippen LogP contribution in [-0.2, 0) is 23.8 Å². The zero-order valence-corrected chi connectivity index (χ0v) is 10.9. The van der Waals surface area contributed by atoms with Crippen molar-refractivity contribution < 1.29 is 34.0 Å². The Labute approximate surface area is 111 Å². The van der Waals surface area contributed by atoms with Crippen LogP contribution in [0.3, 0.4) is 0 Å². The summed E-state index contributed by atoms with van der Waals surface area (Å²) in [6.45, 7) is 7.89. The van der Waals surface area contributed by atoms with Gasteiger partial charge in [0.1, 0.15) is 13.2 Å². The van der Waals surface area contributed by atoms with Crippen molar-refractivity contribution in [3.8, 4) is 0 Å². The highest BCUT2D eigenvalue weighted by Crippen LogP contribution is 2.11. The van der Waals surface area contributed by atoms with Gasteiger partial charge >= 0.3 is 11.9 Å². The standard InChI is InChI=1S/C12H18O7/c1-5-9(13)18-11(3,15)7-17-8-12(4,16)19-10(14)6-2/h5-6,15-16H,1-2,7-8H2,3-4H3. The number of ether oxygens (including phenoxy) is 3. The quantitative estimate of drug-likeness (QED) is 0.361. The number of carbonyl (C=O) groups is 2. The highest BCUT2D eigenvalue weighted by Gasteiger charge is 2.29. The lowest BCUT2D eigenvalue weighted by Crippen LogP contribution is -2.41. The second kappa shape index (κ2) is 7.03. The third-order valence-electron chi connectivity index (χ3n) is 1.71. The van der Waals surface area contributed by atoms with Gasteiger partial charge in [0.2, 0.25) is 11.6 Å². The summed E-state index contributed by atoms with van der Waals surface area (Å²) in [5.41, 5.74) is 0. The molecule has 0 spiro atoms. The number of hydrogen-bond acceptors (Lipinski definition) is 7. The minimum atomic E-state index is -1.89. The minimum Gasteiger partial charge on any atom is -0.428 e. The summed E-state index contributed by atoms with van der Waals surface area (Å²) in [5, 5.41) is 19.2. The van der Waals surface area contributed by atoms with E-state index in [4.69, 9.17) is 4.74 Å². The largest absolute Gasteiger partial charge is 0.428 e. The van der Waals surface area contributed by atoms with Gasteiger partial charge in [0, 0.05) is 26.0 Å². The number of rotatable bonds is 8. The summed E-state index contributed by atoms with van der Waals surface area (Å²) in [5.74, 6) is -5.41. The number of aliphatic hydroxyl groups is 2. The van der Waals surface area contributed by atoms with Crippen molar-refractivity contribution in [1.29, 1.82) is 0 Å². The van der Waals surface area contributed by atoms with Crippen molar-refractivity contribution in [2.75, 3.05) is 13.2 Å². The third-order valence-corrected chi connectivity index (χ3v) is 1.71. The second-order valence-corrected chi connectivity index (χ2v) is 4.09. The van der Waals surface area contributed by atoms with E-state index >= 15 is 0 Å². The first kappa shape index (κ1) is 17.3. The molecule has 0 aliphatic heterocycles. The predicted octanol–water partition coefficient (Wildman–Crippen LogP) is -0.122. The van der Waals surface area contributed by atoms with Gasteiger partial charge in [-0.05, 0) is 0 Å². The lowest BCUT2D eigenvalue weighted by atomic mass is 10.3. The van der Waals surface area contributed by atoms with Crippen LogP contribution in [0.15, 0.2) is 25.3 Å². The van der Waals surface area contributed by atoms with Crippen molar-refractivity contribution in [1.82, 2.24) is 0 Å². The Morgan fingerprint density at radius 3 is 1.58 bits per heavy atom. The van der Waals surface area contributed by atoms with Crippen molar-refractivity contribution in [2.24, 2.45) is 0 Å². The summed E-state index contributed by atoms with van der Waals surface area (Å²) in [7, 11) is 0. The second-order valence-electron chi connectivity index (χ2n) is 4.09. The molecule has 2 atom stereocenters. The fourth-order valence-corrected chi connectivity index (χ4v) is 1.01. The lowest BCUT2D eigenvalue weighted by molar-refractivity contribution is -0.243. The van der Waals surface area contributed by atoms with E-state index in [1.54, 1.807) is 0 Å². The Kier molecular flexibility index (Phi) is 6.40. The molecule has 0 rings (SSSR count). The lowest BCUT2D eigenvalue weighted by Gasteiger charge is -2.26. The molecule has 0 radical (unpaired) electrons. The topological polar surface area (TPSA) is 102 Å². The summed E-state index contributed by atoms with van der Waals surface area (Å²) < 4.78 is 14.1. The maximum atomic E-state index is 10.9. The summed E-state index contributed by atoms with van der Waals surface area (Å²) >= 11 is 0. The molecule has 0 heterocycles. The van der Waals surface area contributed by atoms with Gasteiger partial charge in [0.25, 0.3) is 0 Å². The van der Waals surface area contributed by atoms with Gasteiger partial charge in [-0.1, -0.05) is 13.2 Å². The molecular formula is C12H18O7. The smallest absolute Gasteiger partial charge is 0.332 e. The van der Waals surface area contributed by atoms with E-state index in [-0.39, 0.29) is 0 Å². The Balaban J connectivity index is 4.19. The molecule has 7 nitrogen and oxygen atoms in total. The van der Waals surface area contributed by atoms with E-state index in [9.17, 15) is 19.8 Å². The van der Waals surface area contributed by atoms with Gasteiger partial charge < -0.3 is 24.4 Å². The van der Waals surface area contributed by atoms with Crippen LogP contribution in [0.1, 0.15) is 13.8 Å². The van der Waals surface area contributed by atoms with Crippen molar-refractivity contribution >= 4 is 11.9 Å². The van der Waals surface area contributed by atoms with Gasteiger partial charge in [-0.15, -0.1) is 0 Å². The molecule has 19 heavy (non-hydrogen) atoms. The van der Waals surface area contributed by atoms with E-state index < -0.39 is 36.7 Å². The van der Waals surface area contributed by atoms with Crippen molar-refractivity contribution in [3.05, 3.63) is 25.3 Å². The van der Waals surface area contributed by atoms with E-state index in [2.05, 4.69) is 22.6 Å². The van der Waals surface area contributed by atoms with E-state index in [1.165, 1.54) is 13.8 Å². The molecule has 0 aliphatic rings. The zero-order valence-electron chi connectivity index (χ0n) is 10.9. The van der Waals surface area contributed by atoms with Crippen LogP contribution < -0.4 is 0 Å². The van der Waals surface area contributed by atoms with E-state index in [0.29, 0.717) is 0 Å². The molecule has 2 N–H and O–H groups in total. The molecule has 0 bridgehead atoms. The van der Waals surface area contributed by atoms with Crippen LogP contribution in [0, 0.1) is 0 Å². The SMILES string of the molecule is C=CC(=O)OC(C)(O)COCC(C)(O)OC(=O)C=C. The fourth-order valence-electron chi connectivity index (χ4n) is 1.01. The number of carbonyl (C=O) groups excluding carboxylic acids is 2. The van der Waals surface area contributed by atoms with Crippen molar-refractivity contribution in [3.63, 3.8) is 0 Å². The molecule has 0 aliphatic carbocycles. The Morgan fingerprint density at radius 2 is 1.32 bits per heavy atom. The number of esters is 2. The van der Waals surface area contributed by atoms with E-state index in [1.807, 2.05) is 0 Å². The van der Waals surface area contributed by atoms with Crippen LogP contribution in [0.2, 0.25) is 0 Å². The van der Waals surface area contributed by atoms with Crippen LogP contribution in [0.4, 0.5) is 0 Å². The normalized spacial score (nSPS) is 16.6. The molecule has 2 unspecified atom stereocenters. The van der Waals surface area contributed by atoms with Crippen LogP contribution in [0.25, 0.3) is 0 Å². The first-order chi connectivity index (χ1) is 8.62. The summed E-state index contributed by atoms with van der Waals surface area (Å²) in [4.78, 5) is 21.8. The molecule has 108 valence electrons. The summed E-state index contributed by atoms with van der Waals surface area (Å²) in [6.07, 6.45) is 1.77. The molecule has 0 fully saturated rings. The monoisotopic (exact) mass is 274 g/mol. The Morgan fingerprint density at radius 1 is 1.00 bits per heavy atom. The van der Waals surface area contributed by atoms with Crippen LogP contribution in [-0.4, -0.2) is 46.9 Å². The molecule has 7 heteroatoms. The molecular weight excluding hydrogens is 256 g/mol. The average Bonchev–Trinajstić information content (AvgIpc) is 2.26. The van der Waals surface area contributed by atoms with Crippen LogP contribution in [0.5, 0.6) is 0 Å². The molecule has 0 saturated carbocycles. The van der Waals surface area contributed by atoms with Gasteiger partial charge in [0.05, 0.1) is 0 Å². The number of hydrogen-bond donors (Lipinski definition) is 2. The van der Waals surface area contributed by atoms with Crippen LogP contribution >= 0.6 is 0 Å². The maximum Gasteiger partial charge on any atom is 0.332 e. The average molecular weight is 274 g/mol.